The summed E-state index contributed by atoms with van der Waals surface area (Å²) in [4.78, 5) is 11.9. The van der Waals surface area contributed by atoms with Crippen molar-refractivity contribution in [2.45, 2.75) is 12.8 Å². The second kappa shape index (κ2) is 6.04. The van der Waals surface area contributed by atoms with Gasteiger partial charge in [0.2, 0.25) is 5.91 Å². The first-order valence-electron chi connectivity index (χ1n) is 6.09. The standard InChI is InChI=1S/C14H17N3O2/c1-17-10-11(9-15-17)7-8-14(18)16-12-5-3-4-6-13(12)19-2/h3-6,9-10H,7-8H2,1-2H3,(H,16,18). The van der Waals surface area contributed by atoms with Gasteiger partial charge in [0.15, 0.2) is 0 Å². The van der Waals surface area contributed by atoms with Gasteiger partial charge in [0.25, 0.3) is 0 Å². The number of benzene rings is 1. The minimum absolute atomic E-state index is 0.0339. The Labute approximate surface area is 112 Å². The number of rotatable bonds is 5. The van der Waals surface area contributed by atoms with E-state index >= 15 is 0 Å². The number of hydrogen-bond donors (Lipinski definition) is 1. The lowest BCUT2D eigenvalue weighted by molar-refractivity contribution is -0.116. The number of amides is 1. The average molecular weight is 259 g/mol. The van der Waals surface area contributed by atoms with Crippen LogP contribution >= 0.6 is 0 Å². The number of hydrogen-bond acceptors (Lipinski definition) is 3. The van der Waals surface area contributed by atoms with E-state index in [-0.39, 0.29) is 5.91 Å². The number of carbonyl (C=O) groups is 1. The molecule has 19 heavy (non-hydrogen) atoms. The van der Waals surface area contributed by atoms with Crippen LogP contribution in [0.25, 0.3) is 0 Å². The number of aromatic nitrogens is 2. The van der Waals surface area contributed by atoms with Gasteiger partial charge in [-0.2, -0.15) is 5.10 Å². The Balaban J connectivity index is 1.90. The Kier molecular flexibility index (Phi) is 4.18. The van der Waals surface area contributed by atoms with Crippen LogP contribution in [-0.2, 0) is 18.3 Å². The predicted octanol–water partition coefficient (Wildman–Crippen LogP) is 2.00. The highest BCUT2D eigenvalue weighted by atomic mass is 16.5. The molecule has 0 spiro atoms. The van der Waals surface area contributed by atoms with Gasteiger partial charge in [0.1, 0.15) is 5.75 Å². The van der Waals surface area contributed by atoms with Gasteiger partial charge < -0.3 is 10.1 Å². The molecule has 0 bridgehead atoms. The first-order chi connectivity index (χ1) is 9.19. The van der Waals surface area contributed by atoms with Crippen molar-refractivity contribution in [3.8, 4) is 5.75 Å². The van der Waals surface area contributed by atoms with Crippen molar-refractivity contribution in [1.29, 1.82) is 0 Å². The molecule has 0 atom stereocenters. The number of nitrogens with one attached hydrogen (secondary N) is 1. The van der Waals surface area contributed by atoms with E-state index in [2.05, 4.69) is 10.4 Å². The summed E-state index contributed by atoms with van der Waals surface area (Å²) in [6, 6.07) is 7.36. The minimum atomic E-state index is -0.0339. The van der Waals surface area contributed by atoms with Crippen molar-refractivity contribution in [1.82, 2.24) is 9.78 Å². The van der Waals surface area contributed by atoms with Crippen molar-refractivity contribution in [2.24, 2.45) is 7.05 Å². The molecule has 1 aromatic carbocycles. The first kappa shape index (κ1) is 13.1. The molecule has 1 heterocycles. The summed E-state index contributed by atoms with van der Waals surface area (Å²) < 4.78 is 6.91. The van der Waals surface area contributed by atoms with Crippen molar-refractivity contribution in [3.63, 3.8) is 0 Å². The van der Waals surface area contributed by atoms with E-state index in [9.17, 15) is 4.79 Å². The summed E-state index contributed by atoms with van der Waals surface area (Å²) in [7, 11) is 3.44. The highest BCUT2D eigenvalue weighted by molar-refractivity contribution is 5.92. The van der Waals surface area contributed by atoms with Crippen LogP contribution in [0.5, 0.6) is 5.75 Å². The van der Waals surface area contributed by atoms with Gasteiger partial charge in [-0.1, -0.05) is 12.1 Å². The van der Waals surface area contributed by atoms with E-state index in [1.165, 1.54) is 0 Å². The molecular formula is C14H17N3O2. The third kappa shape index (κ3) is 3.58. The molecule has 1 amide bonds. The highest BCUT2D eigenvalue weighted by Crippen LogP contribution is 2.23. The van der Waals surface area contributed by atoms with Gasteiger partial charge >= 0.3 is 0 Å². The Morgan fingerprint density at radius 2 is 2.21 bits per heavy atom. The molecule has 0 unspecified atom stereocenters. The molecule has 2 aromatic rings. The van der Waals surface area contributed by atoms with Crippen molar-refractivity contribution >= 4 is 11.6 Å². The zero-order chi connectivity index (χ0) is 13.7. The van der Waals surface area contributed by atoms with Crippen LogP contribution in [0.15, 0.2) is 36.7 Å². The fraction of sp³-hybridized carbons (Fsp3) is 0.286. The summed E-state index contributed by atoms with van der Waals surface area (Å²) in [5.74, 6) is 0.630. The third-order valence-electron chi connectivity index (χ3n) is 2.78. The summed E-state index contributed by atoms with van der Waals surface area (Å²) >= 11 is 0. The van der Waals surface area contributed by atoms with Gasteiger partial charge in [-0.3, -0.25) is 9.48 Å². The second-order valence-corrected chi connectivity index (χ2v) is 4.27. The average Bonchev–Trinajstić information content (AvgIpc) is 2.83. The van der Waals surface area contributed by atoms with Crippen LogP contribution in [0.3, 0.4) is 0 Å². The Morgan fingerprint density at radius 1 is 1.42 bits per heavy atom. The van der Waals surface area contributed by atoms with Crippen molar-refractivity contribution < 1.29 is 9.53 Å². The van der Waals surface area contributed by atoms with Gasteiger partial charge in [-0.25, -0.2) is 0 Å². The number of aryl methyl sites for hydroxylation is 2. The fourth-order valence-corrected chi connectivity index (χ4v) is 1.82. The Hall–Kier alpha value is -2.30. The van der Waals surface area contributed by atoms with E-state index in [0.29, 0.717) is 24.3 Å². The molecule has 0 fully saturated rings. The van der Waals surface area contributed by atoms with Crippen LogP contribution in [0.2, 0.25) is 0 Å². The minimum Gasteiger partial charge on any atom is -0.495 e. The molecular weight excluding hydrogens is 242 g/mol. The maximum atomic E-state index is 11.9. The van der Waals surface area contributed by atoms with Crippen LogP contribution < -0.4 is 10.1 Å². The molecule has 2 rings (SSSR count). The number of para-hydroxylation sites is 2. The molecule has 0 aliphatic rings. The Morgan fingerprint density at radius 3 is 2.89 bits per heavy atom. The molecule has 0 saturated heterocycles. The lowest BCUT2D eigenvalue weighted by atomic mass is 10.2. The highest BCUT2D eigenvalue weighted by Gasteiger charge is 2.07. The quantitative estimate of drug-likeness (QED) is 0.893. The van der Waals surface area contributed by atoms with E-state index in [1.807, 2.05) is 37.5 Å². The van der Waals surface area contributed by atoms with E-state index in [4.69, 9.17) is 4.74 Å². The SMILES string of the molecule is COc1ccccc1NC(=O)CCc1cnn(C)c1. The number of carbonyl (C=O) groups excluding carboxylic acids is 1. The topological polar surface area (TPSA) is 56.1 Å². The number of nitrogens with zero attached hydrogens (tertiary/aromatic N) is 2. The van der Waals surface area contributed by atoms with Crippen LogP contribution in [0.1, 0.15) is 12.0 Å². The first-order valence-corrected chi connectivity index (χ1v) is 6.09. The molecule has 0 saturated carbocycles. The van der Waals surface area contributed by atoms with E-state index < -0.39 is 0 Å². The monoisotopic (exact) mass is 259 g/mol. The van der Waals surface area contributed by atoms with Gasteiger partial charge in [-0.05, 0) is 24.1 Å². The third-order valence-corrected chi connectivity index (χ3v) is 2.78. The van der Waals surface area contributed by atoms with Crippen molar-refractivity contribution in [3.05, 3.63) is 42.2 Å². The molecule has 1 aromatic heterocycles. The van der Waals surface area contributed by atoms with Crippen molar-refractivity contribution in [2.75, 3.05) is 12.4 Å². The largest absolute Gasteiger partial charge is 0.495 e. The number of ether oxygens (including phenoxy) is 1. The summed E-state index contributed by atoms with van der Waals surface area (Å²) in [5.41, 5.74) is 1.75. The lowest BCUT2D eigenvalue weighted by Gasteiger charge is -2.09. The van der Waals surface area contributed by atoms with Gasteiger partial charge in [0.05, 0.1) is 19.0 Å². The second-order valence-electron chi connectivity index (χ2n) is 4.27. The molecule has 0 radical (unpaired) electrons. The number of methoxy groups -OCH3 is 1. The molecule has 0 aliphatic carbocycles. The molecule has 1 N–H and O–H groups in total. The smallest absolute Gasteiger partial charge is 0.224 e. The van der Waals surface area contributed by atoms with E-state index in [1.54, 1.807) is 18.0 Å². The number of anilines is 1. The maximum Gasteiger partial charge on any atom is 0.224 e. The van der Waals surface area contributed by atoms with Crippen LogP contribution in [0.4, 0.5) is 5.69 Å². The normalized spacial score (nSPS) is 10.2. The lowest BCUT2D eigenvalue weighted by Crippen LogP contribution is -2.12. The molecule has 5 heteroatoms. The summed E-state index contributed by atoms with van der Waals surface area (Å²) in [5, 5.41) is 6.92. The van der Waals surface area contributed by atoms with Crippen LogP contribution in [0, 0.1) is 0 Å². The van der Waals surface area contributed by atoms with Gasteiger partial charge in [0, 0.05) is 19.7 Å². The zero-order valence-electron chi connectivity index (χ0n) is 11.1. The fourth-order valence-electron chi connectivity index (χ4n) is 1.82. The summed E-state index contributed by atoms with van der Waals surface area (Å²) in [6.45, 7) is 0. The maximum absolute atomic E-state index is 11.9. The molecule has 5 nitrogen and oxygen atoms in total. The summed E-state index contributed by atoms with van der Waals surface area (Å²) in [6.07, 6.45) is 4.78. The Bertz CT molecular complexity index is 563. The van der Waals surface area contributed by atoms with Gasteiger partial charge in [-0.15, -0.1) is 0 Å². The predicted molar refractivity (Wildman–Crippen MR) is 73.2 cm³/mol. The van der Waals surface area contributed by atoms with Crippen LogP contribution in [-0.4, -0.2) is 22.8 Å². The zero-order valence-corrected chi connectivity index (χ0v) is 11.1. The van der Waals surface area contributed by atoms with E-state index in [0.717, 1.165) is 5.56 Å². The molecule has 100 valence electrons. The molecule has 0 aliphatic heterocycles.